The molecule has 0 bridgehead atoms. The lowest BCUT2D eigenvalue weighted by molar-refractivity contribution is -0.132. The van der Waals surface area contributed by atoms with Crippen molar-refractivity contribution in [2.24, 2.45) is 0 Å². The van der Waals surface area contributed by atoms with E-state index in [-0.39, 0.29) is 5.57 Å². The van der Waals surface area contributed by atoms with Crippen molar-refractivity contribution in [3.8, 4) is 6.07 Å². The van der Waals surface area contributed by atoms with Crippen LogP contribution in [0.2, 0.25) is 0 Å². The molecule has 64 valence electrons. The molecule has 0 spiro atoms. The van der Waals surface area contributed by atoms with E-state index in [2.05, 4.69) is 4.98 Å². The Bertz CT molecular complexity index is 376. The minimum atomic E-state index is -1.22. The van der Waals surface area contributed by atoms with Gasteiger partial charge in [0.05, 0.1) is 0 Å². The maximum atomic E-state index is 10.4. The quantitative estimate of drug-likeness (QED) is 0.537. The van der Waals surface area contributed by atoms with Crippen LogP contribution in [0, 0.1) is 11.3 Å². The second-order valence-corrected chi connectivity index (χ2v) is 2.26. The topological polar surface area (TPSA) is 74.0 Å². The number of aromatic nitrogens is 1. The first-order valence-corrected chi connectivity index (χ1v) is 3.49. The van der Waals surface area contributed by atoms with E-state index in [1.165, 1.54) is 18.5 Å². The number of carbonyl (C=O) groups is 1. The lowest BCUT2D eigenvalue weighted by Gasteiger charge is -1.91. The largest absolute Gasteiger partial charge is 0.477 e. The van der Waals surface area contributed by atoms with Gasteiger partial charge in [-0.1, -0.05) is 0 Å². The number of carboxylic acid groups (broad SMARTS) is 1. The minimum Gasteiger partial charge on any atom is -0.477 e. The molecular weight excluding hydrogens is 168 g/mol. The van der Waals surface area contributed by atoms with E-state index >= 15 is 0 Å². The summed E-state index contributed by atoms with van der Waals surface area (Å²) >= 11 is 0. The Labute approximate surface area is 74.8 Å². The Kier molecular flexibility index (Phi) is 2.77. The fourth-order valence-electron chi connectivity index (χ4n) is 0.768. The number of hydrogen-bond acceptors (Lipinski definition) is 3. The number of rotatable bonds is 2. The summed E-state index contributed by atoms with van der Waals surface area (Å²) < 4.78 is 0. The van der Waals surface area contributed by atoms with Crippen LogP contribution in [0.3, 0.4) is 0 Å². The van der Waals surface area contributed by atoms with Gasteiger partial charge in [0.15, 0.2) is 0 Å². The van der Waals surface area contributed by atoms with Crippen molar-refractivity contribution in [1.29, 1.82) is 5.26 Å². The molecule has 0 atom stereocenters. The zero-order valence-corrected chi connectivity index (χ0v) is 6.64. The van der Waals surface area contributed by atoms with E-state index in [0.29, 0.717) is 5.56 Å². The third kappa shape index (κ3) is 2.42. The molecule has 0 saturated heterocycles. The molecule has 0 unspecified atom stereocenters. The van der Waals surface area contributed by atoms with E-state index in [4.69, 9.17) is 10.4 Å². The fraction of sp³-hybridized carbons (Fsp3) is 0. The molecule has 1 rings (SSSR count). The van der Waals surface area contributed by atoms with Crippen molar-refractivity contribution in [2.75, 3.05) is 0 Å². The summed E-state index contributed by atoms with van der Waals surface area (Å²) in [4.78, 5) is 14.2. The highest BCUT2D eigenvalue weighted by Crippen LogP contribution is 2.04. The summed E-state index contributed by atoms with van der Waals surface area (Å²) in [5.41, 5.74) is 0.361. The second-order valence-electron chi connectivity index (χ2n) is 2.26. The third-order valence-electron chi connectivity index (χ3n) is 1.37. The lowest BCUT2D eigenvalue weighted by atomic mass is 10.2. The summed E-state index contributed by atoms with van der Waals surface area (Å²) in [6.07, 6.45) is 4.36. The Morgan fingerprint density at radius 2 is 2.15 bits per heavy atom. The molecule has 0 aliphatic carbocycles. The van der Waals surface area contributed by atoms with Crippen molar-refractivity contribution >= 4 is 12.0 Å². The van der Waals surface area contributed by atoms with Crippen LogP contribution in [0.4, 0.5) is 0 Å². The predicted octanol–water partition coefficient (Wildman–Crippen LogP) is 1.07. The lowest BCUT2D eigenvalue weighted by Crippen LogP contribution is -1.97. The second kappa shape index (κ2) is 4.02. The Hall–Kier alpha value is -2.15. The molecule has 4 nitrogen and oxygen atoms in total. The van der Waals surface area contributed by atoms with Gasteiger partial charge in [0.2, 0.25) is 0 Å². The van der Waals surface area contributed by atoms with Gasteiger partial charge in [0, 0.05) is 12.4 Å². The van der Waals surface area contributed by atoms with Crippen molar-refractivity contribution in [2.45, 2.75) is 0 Å². The summed E-state index contributed by atoms with van der Waals surface area (Å²) in [6, 6.07) is 4.84. The number of aliphatic carboxylic acids is 1. The van der Waals surface area contributed by atoms with Crippen molar-refractivity contribution in [3.05, 3.63) is 35.7 Å². The van der Waals surface area contributed by atoms with Crippen LogP contribution in [0.1, 0.15) is 5.56 Å². The molecule has 13 heavy (non-hydrogen) atoms. The molecule has 1 N–H and O–H groups in total. The summed E-state index contributed by atoms with van der Waals surface area (Å²) in [6.45, 7) is 0. The number of nitriles is 1. The van der Waals surface area contributed by atoms with Crippen LogP contribution in [0.25, 0.3) is 6.08 Å². The highest BCUT2D eigenvalue weighted by Gasteiger charge is 2.04. The van der Waals surface area contributed by atoms with Crippen molar-refractivity contribution < 1.29 is 9.90 Å². The van der Waals surface area contributed by atoms with Gasteiger partial charge in [-0.3, -0.25) is 4.98 Å². The van der Waals surface area contributed by atoms with Crippen LogP contribution < -0.4 is 0 Å². The van der Waals surface area contributed by atoms with Gasteiger partial charge >= 0.3 is 5.97 Å². The van der Waals surface area contributed by atoms with E-state index in [9.17, 15) is 4.79 Å². The van der Waals surface area contributed by atoms with Gasteiger partial charge in [-0.2, -0.15) is 5.26 Å². The van der Waals surface area contributed by atoms with E-state index in [0.717, 1.165) is 0 Å². The molecule has 1 aromatic heterocycles. The molecule has 1 aromatic rings. The van der Waals surface area contributed by atoms with E-state index in [1.807, 2.05) is 0 Å². The minimum absolute atomic E-state index is 0.286. The van der Waals surface area contributed by atoms with Gasteiger partial charge in [-0.25, -0.2) is 4.79 Å². The Balaban J connectivity index is 3.01. The van der Waals surface area contributed by atoms with E-state index in [1.54, 1.807) is 18.2 Å². The first-order valence-electron chi connectivity index (χ1n) is 3.49. The molecule has 4 heteroatoms. The molecule has 1 heterocycles. The maximum Gasteiger partial charge on any atom is 0.346 e. The van der Waals surface area contributed by atoms with Crippen molar-refractivity contribution in [3.63, 3.8) is 0 Å². The maximum absolute atomic E-state index is 10.4. The molecule has 0 amide bonds. The average molecular weight is 174 g/mol. The van der Waals surface area contributed by atoms with E-state index < -0.39 is 5.97 Å². The fourth-order valence-corrected chi connectivity index (χ4v) is 0.768. The first kappa shape index (κ1) is 8.94. The van der Waals surface area contributed by atoms with Crippen LogP contribution >= 0.6 is 0 Å². The molecule has 0 fully saturated rings. The standard InChI is InChI=1S/C9H6N2O2/c10-6-8(9(12)13)5-7-1-3-11-4-2-7/h1-5H,(H,12,13). The zero-order chi connectivity index (χ0) is 9.68. The molecule has 0 aliphatic heterocycles. The van der Waals surface area contributed by atoms with Crippen LogP contribution in [0.5, 0.6) is 0 Å². The number of hydrogen-bond donors (Lipinski definition) is 1. The SMILES string of the molecule is N#CC(=Cc1ccncc1)C(=O)O. The molecule has 0 radical (unpaired) electrons. The summed E-state index contributed by atoms with van der Waals surface area (Å²) in [5.74, 6) is -1.22. The summed E-state index contributed by atoms with van der Waals surface area (Å²) in [7, 11) is 0. The van der Waals surface area contributed by atoms with Gasteiger partial charge in [0.1, 0.15) is 11.6 Å². The number of pyridine rings is 1. The van der Waals surface area contributed by atoms with Gasteiger partial charge < -0.3 is 5.11 Å². The first-order chi connectivity index (χ1) is 6.24. The Morgan fingerprint density at radius 3 is 2.62 bits per heavy atom. The number of nitrogens with zero attached hydrogens (tertiary/aromatic N) is 2. The highest BCUT2D eigenvalue weighted by molar-refractivity contribution is 5.96. The third-order valence-corrected chi connectivity index (χ3v) is 1.37. The molecule has 0 aliphatic rings. The zero-order valence-electron chi connectivity index (χ0n) is 6.64. The average Bonchev–Trinajstić information content (AvgIpc) is 2.15. The van der Waals surface area contributed by atoms with Gasteiger partial charge in [-0.15, -0.1) is 0 Å². The monoisotopic (exact) mass is 174 g/mol. The predicted molar refractivity (Wildman–Crippen MR) is 45.5 cm³/mol. The molecule has 0 saturated carbocycles. The smallest absolute Gasteiger partial charge is 0.346 e. The van der Waals surface area contributed by atoms with Gasteiger partial charge in [0.25, 0.3) is 0 Å². The normalized spacial score (nSPS) is 10.5. The van der Waals surface area contributed by atoms with Crippen LogP contribution in [0.15, 0.2) is 30.1 Å². The highest BCUT2D eigenvalue weighted by atomic mass is 16.4. The van der Waals surface area contributed by atoms with Crippen LogP contribution in [-0.2, 0) is 4.79 Å². The molecular formula is C9H6N2O2. The summed E-state index contributed by atoms with van der Waals surface area (Å²) in [5, 5.41) is 17.0. The van der Waals surface area contributed by atoms with Crippen molar-refractivity contribution in [1.82, 2.24) is 4.98 Å². The number of carboxylic acids is 1. The molecule has 0 aromatic carbocycles. The van der Waals surface area contributed by atoms with Gasteiger partial charge in [-0.05, 0) is 23.8 Å². The van der Waals surface area contributed by atoms with Crippen LogP contribution in [-0.4, -0.2) is 16.1 Å². The Morgan fingerprint density at radius 1 is 1.54 bits per heavy atom.